The van der Waals surface area contributed by atoms with E-state index < -0.39 is 0 Å². The molecule has 1 unspecified atom stereocenters. The van der Waals surface area contributed by atoms with Gasteiger partial charge in [-0.1, -0.05) is 17.4 Å². The van der Waals surface area contributed by atoms with E-state index in [0.717, 1.165) is 15.7 Å². The first-order chi connectivity index (χ1) is 8.47. The van der Waals surface area contributed by atoms with Crippen molar-refractivity contribution in [1.82, 2.24) is 4.98 Å². The molecule has 0 bridgehead atoms. The molecule has 3 nitrogen and oxygen atoms in total. The van der Waals surface area contributed by atoms with Crippen molar-refractivity contribution in [3.05, 3.63) is 40.4 Å². The summed E-state index contributed by atoms with van der Waals surface area (Å²) in [5, 5.41) is 0.979. The average Bonchev–Trinajstić information content (AvgIpc) is 2.75. The van der Waals surface area contributed by atoms with Crippen LogP contribution in [0.5, 0.6) is 0 Å². The third-order valence-electron chi connectivity index (χ3n) is 2.84. The number of hydrogen-bond acceptors (Lipinski definition) is 4. The van der Waals surface area contributed by atoms with Crippen LogP contribution in [0.1, 0.15) is 29.0 Å². The van der Waals surface area contributed by atoms with Crippen molar-refractivity contribution in [3.8, 4) is 0 Å². The Balaban J connectivity index is 2.31. The van der Waals surface area contributed by atoms with Crippen LogP contribution in [0.25, 0.3) is 0 Å². The Morgan fingerprint density at radius 1 is 1.22 bits per heavy atom. The minimum Gasteiger partial charge on any atom is -0.323 e. The van der Waals surface area contributed by atoms with Crippen LogP contribution in [-0.2, 0) is 0 Å². The van der Waals surface area contributed by atoms with Gasteiger partial charge < -0.3 is 10.6 Å². The molecule has 0 aliphatic heterocycles. The summed E-state index contributed by atoms with van der Waals surface area (Å²) in [5.41, 5.74) is 9.56. The summed E-state index contributed by atoms with van der Waals surface area (Å²) in [6.45, 7) is 6.20. The predicted molar refractivity (Wildman–Crippen MR) is 78.7 cm³/mol. The molecule has 1 aromatic carbocycles. The van der Waals surface area contributed by atoms with Gasteiger partial charge in [0.1, 0.15) is 0 Å². The molecule has 0 amide bonds. The second-order valence-electron chi connectivity index (χ2n) is 4.74. The summed E-state index contributed by atoms with van der Waals surface area (Å²) in [6.07, 6.45) is 1.86. The Morgan fingerprint density at radius 3 is 2.33 bits per heavy atom. The molecule has 0 saturated heterocycles. The summed E-state index contributed by atoms with van der Waals surface area (Å²) in [6, 6.07) is 6.55. The lowest BCUT2D eigenvalue weighted by Gasteiger charge is -2.17. The van der Waals surface area contributed by atoms with E-state index in [2.05, 4.69) is 41.9 Å². The van der Waals surface area contributed by atoms with Crippen molar-refractivity contribution in [3.63, 3.8) is 0 Å². The molecular formula is C14H19N3S. The average molecular weight is 261 g/mol. The van der Waals surface area contributed by atoms with E-state index in [-0.39, 0.29) is 6.04 Å². The molecule has 0 spiro atoms. The zero-order valence-electron chi connectivity index (χ0n) is 11.3. The Kier molecular flexibility index (Phi) is 3.68. The van der Waals surface area contributed by atoms with Gasteiger partial charge in [-0.15, -0.1) is 0 Å². The molecule has 2 aromatic rings. The largest absolute Gasteiger partial charge is 0.323 e. The topological polar surface area (TPSA) is 42.2 Å². The Labute approximate surface area is 112 Å². The third-order valence-corrected chi connectivity index (χ3v) is 4.12. The quantitative estimate of drug-likeness (QED) is 0.918. The van der Waals surface area contributed by atoms with Gasteiger partial charge in [-0.25, -0.2) is 4.98 Å². The number of thiazole rings is 1. The van der Waals surface area contributed by atoms with Gasteiger partial charge in [-0.3, -0.25) is 0 Å². The molecule has 0 aliphatic rings. The van der Waals surface area contributed by atoms with Crippen molar-refractivity contribution in [1.29, 1.82) is 0 Å². The molecule has 1 heterocycles. The molecule has 4 heteroatoms. The van der Waals surface area contributed by atoms with Crippen molar-refractivity contribution in [2.75, 3.05) is 11.9 Å². The second kappa shape index (κ2) is 5.08. The highest BCUT2D eigenvalue weighted by molar-refractivity contribution is 7.15. The van der Waals surface area contributed by atoms with Crippen molar-refractivity contribution >= 4 is 22.2 Å². The minimum absolute atomic E-state index is 0.0453. The lowest BCUT2D eigenvalue weighted by molar-refractivity contribution is 0.835. The lowest BCUT2D eigenvalue weighted by Crippen LogP contribution is -2.09. The molecule has 18 heavy (non-hydrogen) atoms. The monoisotopic (exact) mass is 261 g/mol. The van der Waals surface area contributed by atoms with Gasteiger partial charge in [-0.05, 0) is 44.0 Å². The molecule has 0 fully saturated rings. The number of anilines is 2. The van der Waals surface area contributed by atoms with E-state index in [0.29, 0.717) is 0 Å². The molecule has 0 radical (unpaired) electrons. The van der Waals surface area contributed by atoms with Gasteiger partial charge in [0.25, 0.3) is 0 Å². The fraction of sp³-hybridized carbons (Fsp3) is 0.357. The van der Waals surface area contributed by atoms with Gasteiger partial charge in [-0.2, -0.15) is 0 Å². The third kappa shape index (κ3) is 2.71. The van der Waals surface area contributed by atoms with Crippen LogP contribution in [0.15, 0.2) is 24.4 Å². The standard InChI is InChI=1S/C14H19N3S/c1-9-5-10(2)7-12(6-9)17(4)14-16-8-13(18-14)11(3)15/h5-8,11H,15H2,1-4H3. The predicted octanol–water partition coefficient (Wildman–Crippen LogP) is 3.55. The van der Waals surface area contributed by atoms with Crippen LogP contribution in [-0.4, -0.2) is 12.0 Å². The van der Waals surface area contributed by atoms with Gasteiger partial charge in [0.05, 0.1) is 0 Å². The van der Waals surface area contributed by atoms with Crippen LogP contribution < -0.4 is 10.6 Å². The maximum absolute atomic E-state index is 5.87. The number of rotatable bonds is 3. The molecule has 0 saturated carbocycles. The molecule has 1 atom stereocenters. The van der Waals surface area contributed by atoms with Crippen LogP contribution in [0.2, 0.25) is 0 Å². The first-order valence-electron chi connectivity index (χ1n) is 6.00. The Bertz CT molecular complexity index is 525. The normalized spacial score (nSPS) is 12.5. The Morgan fingerprint density at radius 2 is 1.83 bits per heavy atom. The number of nitrogens with zero attached hydrogens (tertiary/aromatic N) is 2. The fourth-order valence-corrected chi connectivity index (χ4v) is 2.75. The fourth-order valence-electron chi connectivity index (χ4n) is 1.90. The van der Waals surface area contributed by atoms with Crippen molar-refractivity contribution in [2.45, 2.75) is 26.8 Å². The lowest BCUT2D eigenvalue weighted by atomic mass is 10.1. The maximum atomic E-state index is 5.87. The van der Waals surface area contributed by atoms with Crippen LogP contribution >= 0.6 is 11.3 Å². The Hall–Kier alpha value is -1.39. The molecule has 1 aromatic heterocycles. The number of aromatic nitrogens is 1. The van der Waals surface area contributed by atoms with Crippen LogP contribution in [0.4, 0.5) is 10.8 Å². The van der Waals surface area contributed by atoms with Crippen LogP contribution in [0, 0.1) is 13.8 Å². The molecule has 2 N–H and O–H groups in total. The van der Waals surface area contributed by atoms with Gasteiger partial charge in [0.15, 0.2) is 5.13 Å². The highest BCUT2D eigenvalue weighted by Gasteiger charge is 2.11. The highest BCUT2D eigenvalue weighted by atomic mass is 32.1. The first kappa shape index (κ1) is 13.1. The molecule has 96 valence electrons. The van der Waals surface area contributed by atoms with E-state index >= 15 is 0 Å². The summed E-state index contributed by atoms with van der Waals surface area (Å²) in [4.78, 5) is 7.66. The summed E-state index contributed by atoms with van der Waals surface area (Å²) in [7, 11) is 2.04. The zero-order chi connectivity index (χ0) is 13.3. The first-order valence-corrected chi connectivity index (χ1v) is 6.82. The summed E-state index contributed by atoms with van der Waals surface area (Å²) < 4.78 is 0. The molecule has 2 rings (SSSR count). The summed E-state index contributed by atoms with van der Waals surface area (Å²) in [5.74, 6) is 0. The zero-order valence-corrected chi connectivity index (χ0v) is 12.1. The number of hydrogen-bond donors (Lipinski definition) is 1. The van der Waals surface area contributed by atoms with Gasteiger partial charge >= 0.3 is 0 Å². The van der Waals surface area contributed by atoms with Crippen molar-refractivity contribution in [2.24, 2.45) is 5.73 Å². The van der Waals surface area contributed by atoms with E-state index in [1.807, 2.05) is 20.2 Å². The SMILES string of the molecule is Cc1cc(C)cc(N(C)c2ncc(C(C)N)s2)c1. The maximum Gasteiger partial charge on any atom is 0.189 e. The number of benzene rings is 1. The van der Waals surface area contributed by atoms with E-state index in [4.69, 9.17) is 5.73 Å². The van der Waals surface area contributed by atoms with E-state index in [9.17, 15) is 0 Å². The summed E-state index contributed by atoms with van der Waals surface area (Å²) >= 11 is 1.65. The second-order valence-corrected chi connectivity index (χ2v) is 5.78. The number of nitrogens with two attached hydrogens (primary N) is 1. The number of aryl methyl sites for hydroxylation is 2. The van der Waals surface area contributed by atoms with Gasteiger partial charge in [0.2, 0.25) is 0 Å². The smallest absolute Gasteiger partial charge is 0.189 e. The van der Waals surface area contributed by atoms with Crippen molar-refractivity contribution < 1.29 is 0 Å². The minimum atomic E-state index is 0.0453. The van der Waals surface area contributed by atoms with E-state index in [1.54, 1.807) is 11.3 Å². The van der Waals surface area contributed by atoms with E-state index in [1.165, 1.54) is 11.1 Å². The molecular weight excluding hydrogens is 242 g/mol. The van der Waals surface area contributed by atoms with Gasteiger partial charge in [0, 0.05) is 29.9 Å². The molecule has 0 aliphatic carbocycles. The highest BCUT2D eigenvalue weighted by Crippen LogP contribution is 2.31. The van der Waals surface area contributed by atoms with Crippen LogP contribution in [0.3, 0.4) is 0 Å².